The first-order valence-electron chi connectivity index (χ1n) is 9.63. The summed E-state index contributed by atoms with van der Waals surface area (Å²) in [5.74, 6) is 0.725. The highest BCUT2D eigenvalue weighted by Gasteiger charge is 2.17. The Morgan fingerprint density at radius 1 is 1.25 bits per heavy atom. The van der Waals surface area contributed by atoms with Gasteiger partial charge in [-0.1, -0.05) is 18.3 Å². The van der Waals surface area contributed by atoms with Crippen molar-refractivity contribution in [2.45, 2.75) is 19.8 Å². The van der Waals surface area contributed by atoms with Gasteiger partial charge in [-0.25, -0.2) is 4.98 Å². The van der Waals surface area contributed by atoms with E-state index in [4.69, 9.17) is 5.73 Å². The maximum Gasteiger partial charge on any atom is 0.265 e. The molecule has 1 aliphatic heterocycles. The van der Waals surface area contributed by atoms with Gasteiger partial charge in [0.1, 0.15) is 4.83 Å². The average Bonchev–Trinajstić information content (AvgIpc) is 3.26. The van der Waals surface area contributed by atoms with Crippen LogP contribution < -0.4 is 21.3 Å². The number of carbonyl (C=O) groups excluding carboxylic acids is 1. The Bertz CT molecular complexity index is 910. The van der Waals surface area contributed by atoms with Crippen LogP contribution in [0.3, 0.4) is 0 Å². The number of fused-ring (bicyclic) bond motifs is 1. The minimum Gasteiger partial charge on any atom is -0.372 e. The van der Waals surface area contributed by atoms with Gasteiger partial charge in [-0.2, -0.15) is 0 Å². The second-order valence-corrected chi connectivity index (χ2v) is 9.25. The lowest BCUT2D eigenvalue weighted by Crippen LogP contribution is -2.32. The molecule has 8 heteroatoms. The van der Waals surface area contributed by atoms with E-state index in [1.165, 1.54) is 29.9 Å². The predicted octanol–water partition coefficient (Wildman–Crippen LogP) is 4.22. The molecule has 0 saturated carbocycles. The van der Waals surface area contributed by atoms with Gasteiger partial charge >= 0.3 is 0 Å². The van der Waals surface area contributed by atoms with Gasteiger partial charge in [0.2, 0.25) is 0 Å². The normalized spacial score (nSPS) is 15.1. The highest BCUT2D eigenvalue weighted by atomic mass is 32.1. The molecule has 4 N–H and O–H groups in total. The Morgan fingerprint density at radius 3 is 2.68 bits per heavy atom. The number of anilines is 3. The van der Waals surface area contributed by atoms with Crippen LogP contribution in [0.15, 0.2) is 30.3 Å². The first kappa shape index (κ1) is 19.2. The van der Waals surface area contributed by atoms with Gasteiger partial charge < -0.3 is 21.3 Å². The molecule has 1 amide bonds. The molecule has 28 heavy (non-hydrogen) atoms. The minimum absolute atomic E-state index is 0.0915. The third-order valence-corrected chi connectivity index (χ3v) is 7.12. The molecule has 0 atom stereocenters. The third kappa shape index (κ3) is 4.29. The Kier molecular flexibility index (Phi) is 5.79. The van der Waals surface area contributed by atoms with Crippen LogP contribution in [0.2, 0.25) is 0 Å². The number of rotatable bonds is 6. The molecule has 4 rings (SSSR count). The molecule has 0 unspecified atom stereocenters. The summed E-state index contributed by atoms with van der Waals surface area (Å²) in [6, 6.07) is 10.1. The molecule has 3 heterocycles. The smallest absolute Gasteiger partial charge is 0.265 e. The van der Waals surface area contributed by atoms with E-state index in [1.54, 1.807) is 11.3 Å². The van der Waals surface area contributed by atoms with E-state index in [0.29, 0.717) is 18.0 Å². The average molecular weight is 416 g/mol. The first-order chi connectivity index (χ1) is 13.6. The Morgan fingerprint density at radius 2 is 2.00 bits per heavy atom. The van der Waals surface area contributed by atoms with Crippen LogP contribution in [-0.4, -0.2) is 37.1 Å². The number of piperidine rings is 1. The van der Waals surface area contributed by atoms with Crippen LogP contribution in [0.1, 0.15) is 29.4 Å². The zero-order valence-electron chi connectivity index (χ0n) is 15.9. The van der Waals surface area contributed by atoms with Crippen molar-refractivity contribution in [3.63, 3.8) is 0 Å². The fourth-order valence-corrected chi connectivity index (χ4v) is 5.35. The summed E-state index contributed by atoms with van der Waals surface area (Å²) >= 11 is 2.96. The lowest BCUT2D eigenvalue weighted by molar-refractivity contribution is 0.103. The van der Waals surface area contributed by atoms with Crippen molar-refractivity contribution < 1.29 is 4.79 Å². The van der Waals surface area contributed by atoms with Gasteiger partial charge in [-0.05, 0) is 49.1 Å². The molecule has 0 aliphatic carbocycles. The van der Waals surface area contributed by atoms with Crippen LogP contribution >= 0.6 is 22.7 Å². The summed E-state index contributed by atoms with van der Waals surface area (Å²) in [5, 5.41) is 7.02. The van der Waals surface area contributed by atoms with Crippen LogP contribution in [0.25, 0.3) is 9.53 Å². The zero-order valence-corrected chi connectivity index (χ0v) is 17.5. The number of thiazole rings is 1. The largest absolute Gasteiger partial charge is 0.372 e. The topological polar surface area (TPSA) is 83.3 Å². The van der Waals surface area contributed by atoms with E-state index in [1.807, 2.05) is 18.2 Å². The summed E-state index contributed by atoms with van der Waals surface area (Å²) in [6.45, 7) is 5.79. The maximum absolute atomic E-state index is 12.6. The van der Waals surface area contributed by atoms with Crippen molar-refractivity contribution in [2.24, 2.45) is 11.7 Å². The van der Waals surface area contributed by atoms with Crippen LogP contribution in [-0.2, 0) is 0 Å². The fraction of sp³-hybridized carbons (Fsp3) is 0.400. The van der Waals surface area contributed by atoms with E-state index in [2.05, 4.69) is 39.6 Å². The van der Waals surface area contributed by atoms with Crippen molar-refractivity contribution in [3.05, 3.63) is 35.2 Å². The monoisotopic (exact) mass is 415 g/mol. The number of benzene rings is 1. The molecule has 0 bridgehead atoms. The molecular weight excluding hydrogens is 390 g/mol. The van der Waals surface area contributed by atoms with E-state index in [9.17, 15) is 4.79 Å². The number of nitrogens with one attached hydrogen (secondary N) is 2. The summed E-state index contributed by atoms with van der Waals surface area (Å²) in [5.41, 5.74) is 7.54. The van der Waals surface area contributed by atoms with Crippen molar-refractivity contribution in [1.82, 2.24) is 4.98 Å². The number of carbonyl (C=O) groups is 1. The molecule has 3 aromatic rings. The highest BCUT2D eigenvalue weighted by Crippen LogP contribution is 2.33. The van der Waals surface area contributed by atoms with Gasteiger partial charge in [0.25, 0.3) is 5.91 Å². The van der Waals surface area contributed by atoms with Gasteiger partial charge in [-0.15, -0.1) is 11.3 Å². The van der Waals surface area contributed by atoms with Gasteiger partial charge in [0.05, 0.1) is 9.58 Å². The molecule has 1 aromatic carbocycles. The molecule has 0 spiro atoms. The number of nitrogens with zero attached hydrogens (tertiary/aromatic N) is 2. The molecule has 1 fully saturated rings. The zero-order chi connectivity index (χ0) is 19.5. The Hall–Kier alpha value is -2.16. The van der Waals surface area contributed by atoms with Gasteiger partial charge in [0, 0.05) is 37.6 Å². The quantitative estimate of drug-likeness (QED) is 0.561. The highest BCUT2D eigenvalue weighted by molar-refractivity contribution is 7.29. The molecule has 1 saturated heterocycles. The maximum atomic E-state index is 12.6. The summed E-state index contributed by atoms with van der Waals surface area (Å²) in [6.07, 6.45) is 2.48. The SMILES string of the molecule is CC1CCN(c2ccc(NC(=O)c3cc4sc(NCCN)nc4s3)cc2)CC1. The summed E-state index contributed by atoms with van der Waals surface area (Å²) < 4.78 is 1.02. The lowest BCUT2D eigenvalue weighted by atomic mass is 9.99. The van der Waals surface area contributed by atoms with Crippen molar-refractivity contribution in [3.8, 4) is 0 Å². The minimum atomic E-state index is -0.0915. The summed E-state index contributed by atoms with van der Waals surface area (Å²) in [4.78, 5) is 21.1. The Labute approximate surface area is 172 Å². The molecule has 6 nitrogen and oxygen atoms in total. The number of thiophene rings is 1. The van der Waals surface area contributed by atoms with Crippen LogP contribution in [0.5, 0.6) is 0 Å². The van der Waals surface area contributed by atoms with E-state index in [-0.39, 0.29) is 5.91 Å². The first-order valence-corrected chi connectivity index (χ1v) is 11.3. The molecular formula is C20H25N5OS2. The fourth-order valence-electron chi connectivity index (χ4n) is 3.32. The second kappa shape index (κ2) is 8.46. The number of hydrogen-bond donors (Lipinski definition) is 3. The molecule has 1 aliphatic rings. The van der Waals surface area contributed by atoms with E-state index >= 15 is 0 Å². The lowest BCUT2D eigenvalue weighted by Gasteiger charge is -2.32. The van der Waals surface area contributed by atoms with Crippen molar-refractivity contribution >= 4 is 54.6 Å². The van der Waals surface area contributed by atoms with Crippen molar-refractivity contribution in [1.29, 1.82) is 0 Å². The van der Waals surface area contributed by atoms with Gasteiger partial charge in [-0.3, -0.25) is 4.79 Å². The van der Waals surface area contributed by atoms with E-state index in [0.717, 1.165) is 39.4 Å². The van der Waals surface area contributed by atoms with Crippen molar-refractivity contribution in [2.75, 3.05) is 41.7 Å². The molecule has 0 radical (unpaired) electrons. The second-order valence-electron chi connectivity index (χ2n) is 7.19. The Balaban J connectivity index is 1.39. The van der Waals surface area contributed by atoms with E-state index < -0.39 is 0 Å². The number of nitrogens with two attached hydrogens (primary N) is 1. The predicted molar refractivity (Wildman–Crippen MR) is 120 cm³/mol. The summed E-state index contributed by atoms with van der Waals surface area (Å²) in [7, 11) is 0. The number of amides is 1. The number of aromatic nitrogens is 1. The molecule has 148 valence electrons. The van der Waals surface area contributed by atoms with Crippen LogP contribution in [0.4, 0.5) is 16.5 Å². The van der Waals surface area contributed by atoms with Crippen LogP contribution in [0, 0.1) is 5.92 Å². The number of hydrogen-bond acceptors (Lipinski definition) is 7. The standard InChI is InChI=1S/C20H25N5OS2/c1-13-6-10-25(11-7-13)15-4-2-14(3-5-15)23-18(26)16-12-17-19(27-16)24-20(28-17)22-9-8-21/h2-5,12-13H,6-11,21H2,1H3,(H,22,24)(H,23,26). The molecule has 2 aromatic heterocycles. The third-order valence-electron chi connectivity index (χ3n) is 5.01. The van der Waals surface area contributed by atoms with Gasteiger partial charge in [0.15, 0.2) is 5.13 Å².